The molecule has 0 saturated carbocycles. The number of carbonyl (C=O) groups excluding carboxylic acids is 1. The lowest BCUT2D eigenvalue weighted by Crippen LogP contribution is -2.62. The van der Waals surface area contributed by atoms with Gasteiger partial charge in [-0.25, -0.2) is 0 Å². The zero-order valence-electron chi connectivity index (χ0n) is 18.2. The molecule has 2 fully saturated rings. The van der Waals surface area contributed by atoms with Crippen LogP contribution in [-0.2, 0) is 17.8 Å². The number of piperidine rings is 1. The average molecular weight is 408 g/mol. The largest absolute Gasteiger partial charge is 0.493 e. The number of hydrogen-bond donors (Lipinski definition) is 0. The van der Waals surface area contributed by atoms with Gasteiger partial charge < -0.3 is 9.64 Å². The van der Waals surface area contributed by atoms with Crippen LogP contribution in [0.25, 0.3) is 0 Å². The molecule has 2 aliphatic rings. The van der Waals surface area contributed by atoms with Gasteiger partial charge in [-0.05, 0) is 49.5 Å². The topological polar surface area (TPSA) is 45.7 Å². The van der Waals surface area contributed by atoms with Gasteiger partial charge in [-0.3, -0.25) is 14.7 Å². The molecule has 1 aromatic carbocycles. The van der Waals surface area contributed by atoms with E-state index in [9.17, 15) is 4.79 Å². The minimum Gasteiger partial charge on any atom is -0.493 e. The van der Waals surface area contributed by atoms with Crippen molar-refractivity contribution in [2.75, 3.05) is 32.8 Å². The van der Waals surface area contributed by atoms with Gasteiger partial charge in [0.2, 0.25) is 5.91 Å². The van der Waals surface area contributed by atoms with Crippen molar-refractivity contribution in [2.24, 2.45) is 11.3 Å². The van der Waals surface area contributed by atoms with E-state index in [1.54, 1.807) is 12.4 Å². The van der Waals surface area contributed by atoms with Crippen molar-refractivity contribution >= 4 is 5.91 Å². The highest BCUT2D eigenvalue weighted by molar-refractivity contribution is 5.79. The predicted octanol–water partition coefficient (Wildman–Crippen LogP) is 3.78. The molecule has 1 aromatic heterocycles. The van der Waals surface area contributed by atoms with Crippen molar-refractivity contribution in [2.45, 2.75) is 39.7 Å². The Morgan fingerprint density at radius 3 is 2.60 bits per heavy atom. The summed E-state index contributed by atoms with van der Waals surface area (Å²) in [5.74, 6) is 1.77. The highest BCUT2D eigenvalue weighted by atomic mass is 16.5. The van der Waals surface area contributed by atoms with Crippen LogP contribution >= 0.6 is 0 Å². The van der Waals surface area contributed by atoms with Crippen LogP contribution in [0.15, 0.2) is 48.8 Å². The van der Waals surface area contributed by atoms with Crippen molar-refractivity contribution in [3.63, 3.8) is 0 Å². The predicted molar refractivity (Wildman–Crippen MR) is 118 cm³/mol. The summed E-state index contributed by atoms with van der Waals surface area (Å²) in [5.41, 5.74) is 2.60. The van der Waals surface area contributed by atoms with E-state index in [2.05, 4.69) is 48.0 Å². The Hall–Kier alpha value is -2.40. The molecule has 1 spiro atoms. The molecule has 5 heteroatoms. The average Bonchev–Trinajstić information content (AvgIpc) is 2.73. The molecule has 0 unspecified atom stereocenters. The molecule has 30 heavy (non-hydrogen) atoms. The van der Waals surface area contributed by atoms with Gasteiger partial charge in [0.1, 0.15) is 5.75 Å². The summed E-state index contributed by atoms with van der Waals surface area (Å²) in [6.45, 7) is 10.0. The fourth-order valence-electron chi connectivity index (χ4n) is 4.50. The second kappa shape index (κ2) is 9.17. The van der Waals surface area contributed by atoms with Crippen LogP contribution in [0.1, 0.15) is 37.8 Å². The van der Waals surface area contributed by atoms with E-state index in [0.717, 1.165) is 50.6 Å². The lowest BCUT2D eigenvalue weighted by atomic mass is 9.71. The van der Waals surface area contributed by atoms with Gasteiger partial charge in [0.05, 0.1) is 13.0 Å². The number of likely N-dealkylation sites (tertiary alicyclic amines) is 2. The van der Waals surface area contributed by atoms with Crippen molar-refractivity contribution < 1.29 is 9.53 Å². The van der Waals surface area contributed by atoms with Crippen LogP contribution in [0.4, 0.5) is 0 Å². The summed E-state index contributed by atoms with van der Waals surface area (Å²) in [7, 11) is 0. The first-order valence-electron chi connectivity index (χ1n) is 11.1. The van der Waals surface area contributed by atoms with Gasteiger partial charge in [-0.15, -0.1) is 0 Å². The van der Waals surface area contributed by atoms with E-state index >= 15 is 0 Å². The van der Waals surface area contributed by atoms with Gasteiger partial charge in [-0.1, -0.05) is 38.1 Å². The Morgan fingerprint density at radius 2 is 1.90 bits per heavy atom. The molecule has 1 amide bonds. The second-order valence-corrected chi connectivity index (χ2v) is 9.38. The quantitative estimate of drug-likeness (QED) is 0.701. The maximum absolute atomic E-state index is 12.5. The van der Waals surface area contributed by atoms with Gasteiger partial charge in [-0.2, -0.15) is 0 Å². The molecule has 2 aliphatic heterocycles. The van der Waals surface area contributed by atoms with Crippen molar-refractivity contribution in [3.8, 4) is 5.75 Å². The molecule has 0 atom stereocenters. The smallest absolute Gasteiger partial charge is 0.227 e. The van der Waals surface area contributed by atoms with E-state index < -0.39 is 0 Å². The third-order valence-corrected chi connectivity index (χ3v) is 6.34. The maximum atomic E-state index is 12.5. The Morgan fingerprint density at radius 1 is 1.13 bits per heavy atom. The lowest BCUT2D eigenvalue weighted by molar-refractivity contribution is -0.146. The Balaban J connectivity index is 1.25. The number of nitrogens with zero attached hydrogens (tertiary/aromatic N) is 3. The molecule has 0 radical (unpaired) electrons. The molecule has 0 aliphatic carbocycles. The van der Waals surface area contributed by atoms with Gasteiger partial charge >= 0.3 is 0 Å². The third kappa shape index (κ3) is 5.01. The fourth-order valence-corrected chi connectivity index (χ4v) is 4.50. The maximum Gasteiger partial charge on any atom is 0.227 e. The van der Waals surface area contributed by atoms with Gasteiger partial charge in [0, 0.05) is 43.0 Å². The Bertz CT molecular complexity index is 836. The highest BCUT2D eigenvalue weighted by Crippen LogP contribution is 2.41. The van der Waals surface area contributed by atoms with Crippen molar-refractivity contribution in [1.82, 2.24) is 14.8 Å². The molecule has 0 bridgehead atoms. The van der Waals surface area contributed by atoms with E-state index in [4.69, 9.17) is 4.74 Å². The third-order valence-electron chi connectivity index (χ3n) is 6.34. The van der Waals surface area contributed by atoms with Crippen LogP contribution in [-0.4, -0.2) is 53.5 Å². The Kier molecular flexibility index (Phi) is 6.38. The standard InChI is InChI=1S/C25H33N3O2/c1-20(2)17-30-23-8-4-3-7-22(23)16-27-12-9-25(10-13-27)18-28(19-25)24(29)14-21-6-5-11-26-15-21/h3-8,11,15,20H,9-10,12-14,16-19H2,1-2H3. The second-order valence-electron chi connectivity index (χ2n) is 9.38. The fraction of sp³-hybridized carbons (Fsp3) is 0.520. The molecule has 2 aromatic rings. The minimum absolute atomic E-state index is 0.229. The van der Waals surface area contributed by atoms with Gasteiger partial charge in [0.25, 0.3) is 0 Å². The molecule has 3 heterocycles. The van der Waals surface area contributed by atoms with E-state index in [0.29, 0.717) is 17.8 Å². The molecule has 4 rings (SSSR count). The summed E-state index contributed by atoms with van der Waals surface area (Å²) >= 11 is 0. The van der Waals surface area contributed by atoms with Crippen LogP contribution in [0.3, 0.4) is 0 Å². The number of pyridine rings is 1. The first-order valence-corrected chi connectivity index (χ1v) is 11.1. The molecule has 5 nitrogen and oxygen atoms in total. The normalized spacial score (nSPS) is 18.4. The van der Waals surface area contributed by atoms with E-state index in [1.807, 2.05) is 17.0 Å². The number of benzene rings is 1. The Labute approximate surface area is 180 Å². The van der Waals surface area contributed by atoms with E-state index in [1.165, 1.54) is 18.4 Å². The first-order chi connectivity index (χ1) is 14.5. The van der Waals surface area contributed by atoms with E-state index in [-0.39, 0.29) is 5.91 Å². The molecule has 2 saturated heterocycles. The summed E-state index contributed by atoms with van der Waals surface area (Å²) in [6.07, 6.45) is 6.32. The van der Waals surface area contributed by atoms with Crippen LogP contribution in [0.2, 0.25) is 0 Å². The van der Waals surface area contributed by atoms with Gasteiger partial charge in [0.15, 0.2) is 0 Å². The monoisotopic (exact) mass is 407 g/mol. The molecule has 0 N–H and O–H groups in total. The minimum atomic E-state index is 0.229. The number of rotatable bonds is 7. The molecular weight excluding hydrogens is 374 g/mol. The molecular formula is C25H33N3O2. The zero-order chi connectivity index (χ0) is 21.0. The SMILES string of the molecule is CC(C)COc1ccccc1CN1CCC2(CC1)CN(C(=O)Cc1cccnc1)C2. The lowest BCUT2D eigenvalue weighted by Gasteiger charge is -2.54. The number of aromatic nitrogens is 1. The van der Waals surface area contributed by atoms with Crippen molar-refractivity contribution in [1.29, 1.82) is 0 Å². The summed E-state index contributed by atoms with van der Waals surface area (Å²) < 4.78 is 6.03. The number of para-hydroxylation sites is 1. The first kappa shape index (κ1) is 20.9. The zero-order valence-corrected chi connectivity index (χ0v) is 18.2. The van der Waals surface area contributed by atoms with Crippen LogP contribution < -0.4 is 4.74 Å². The summed E-state index contributed by atoms with van der Waals surface area (Å²) in [5, 5.41) is 0. The molecule has 160 valence electrons. The number of carbonyl (C=O) groups is 1. The summed E-state index contributed by atoms with van der Waals surface area (Å²) in [4.78, 5) is 21.2. The van der Waals surface area contributed by atoms with Crippen LogP contribution in [0.5, 0.6) is 5.75 Å². The van der Waals surface area contributed by atoms with Crippen LogP contribution in [0, 0.1) is 11.3 Å². The number of hydrogen-bond acceptors (Lipinski definition) is 4. The van der Waals surface area contributed by atoms with Crippen molar-refractivity contribution in [3.05, 3.63) is 59.9 Å². The summed E-state index contributed by atoms with van der Waals surface area (Å²) in [6, 6.07) is 12.3. The number of ether oxygens (including phenoxy) is 1. The highest BCUT2D eigenvalue weighted by Gasteiger charge is 2.46. The number of amides is 1.